The van der Waals surface area contributed by atoms with Crippen molar-refractivity contribution in [2.75, 3.05) is 39.9 Å². The van der Waals surface area contributed by atoms with E-state index in [0.29, 0.717) is 6.04 Å². The Morgan fingerprint density at radius 1 is 1.38 bits per heavy atom. The molecule has 16 heavy (non-hydrogen) atoms. The largest absolute Gasteiger partial charge is 0.383 e. The molecule has 0 heterocycles. The first-order valence-corrected chi connectivity index (χ1v) is 6.34. The number of ether oxygens (including phenoxy) is 1. The zero-order valence-electron chi connectivity index (χ0n) is 11.2. The van der Waals surface area contributed by atoms with Gasteiger partial charge in [-0.2, -0.15) is 0 Å². The molecular formula is C13H28N2O. The van der Waals surface area contributed by atoms with Crippen molar-refractivity contribution in [2.45, 2.75) is 32.7 Å². The average Bonchev–Trinajstić information content (AvgIpc) is 2.28. The molecule has 0 aliphatic rings. The minimum atomic E-state index is 0.453. The highest BCUT2D eigenvalue weighted by Gasteiger charge is 2.15. The Balaban J connectivity index is 4.13. The molecule has 0 bridgehead atoms. The second-order valence-corrected chi connectivity index (χ2v) is 4.10. The minimum absolute atomic E-state index is 0.453. The van der Waals surface area contributed by atoms with Crippen molar-refractivity contribution in [1.82, 2.24) is 10.2 Å². The Bertz CT molecular complexity index is 162. The maximum Gasteiger partial charge on any atom is 0.0630 e. The summed E-state index contributed by atoms with van der Waals surface area (Å²) >= 11 is 0. The van der Waals surface area contributed by atoms with Gasteiger partial charge in [0.2, 0.25) is 0 Å². The van der Waals surface area contributed by atoms with Gasteiger partial charge in [-0.05, 0) is 25.9 Å². The molecule has 0 saturated carbocycles. The summed E-state index contributed by atoms with van der Waals surface area (Å²) in [7, 11) is 1.77. The van der Waals surface area contributed by atoms with Crippen LogP contribution < -0.4 is 5.32 Å². The van der Waals surface area contributed by atoms with E-state index in [0.717, 1.165) is 32.8 Å². The van der Waals surface area contributed by atoms with Crippen molar-refractivity contribution in [3.05, 3.63) is 12.7 Å². The molecule has 0 rings (SSSR count). The molecule has 0 aromatic carbocycles. The molecule has 0 fully saturated rings. The standard InChI is InChI=1S/C13H28N2O/c1-5-8-14-11-13(12-16-4)15(9-6-2)10-7-3/h6,13-14H,2,5,7-12H2,1,3-4H3. The second-order valence-electron chi connectivity index (χ2n) is 4.10. The van der Waals surface area contributed by atoms with E-state index in [1.54, 1.807) is 7.11 Å². The van der Waals surface area contributed by atoms with Gasteiger partial charge in [-0.15, -0.1) is 6.58 Å². The van der Waals surface area contributed by atoms with E-state index in [9.17, 15) is 0 Å². The number of nitrogens with zero attached hydrogens (tertiary/aromatic N) is 1. The molecule has 0 amide bonds. The highest BCUT2D eigenvalue weighted by molar-refractivity contribution is 4.80. The third-order valence-electron chi connectivity index (χ3n) is 2.56. The summed E-state index contributed by atoms with van der Waals surface area (Å²) in [6, 6.07) is 0.453. The molecule has 0 aromatic heterocycles. The quantitative estimate of drug-likeness (QED) is 0.432. The zero-order valence-corrected chi connectivity index (χ0v) is 11.2. The Morgan fingerprint density at radius 2 is 2.12 bits per heavy atom. The lowest BCUT2D eigenvalue weighted by atomic mass is 10.2. The number of hydrogen-bond donors (Lipinski definition) is 1. The monoisotopic (exact) mass is 228 g/mol. The maximum atomic E-state index is 5.29. The van der Waals surface area contributed by atoms with Crippen LogP contribution >= 0.6 is 0 Å². The van der Waals surface area contributed by atoms with E-state index in [-0.39, 0.29) is 0 Å². The van der Waals surface area contributed by atoms with Crippen molar-refractivity contribution in [1.29, 1.82) is 0 Å². The molecule has 0 aromatic rings. The van der Waals surface area contributed by atoms with Crippen molar-refractivity contribution < 1.29 is 4.74 Å². The second kappa shape index (κ2) is 11.1. The third-order valence-corrected chi connectivity index (χ3v) is 2.56. The molecule has 0 spiro atoms. The van der Waals surface area contributed by atoms with Crippen LogP contribution in [0.4, 0.5) is 0 Å². The molecule has 0 radical (unpaired) electrons. The van der Waals surface area contributed by atoms with Crippen LogP contribution in [0.25, 0.3) is 0 Å². The van der Waals surface area contributed by atoms with Crippen molar-refractivity contribution in [3.63, 3.8) is 0 Å². The van der Waals surface area contributed by atoms with Gasteiger partial charge in [0.1, 0.15) is 0 Å². The third kappa shape index (κ3) is 6.99. The lowest BCUT2D eigenvalue weighted by Crippen LogP contribution is -2.45. The molecule has 0 saturated heterocycles. The topological polar surface area (TPSA) is 24.5 Å². The molecule has 96 valence electrons. The van der Waals surface area contributed by atoms with Crippen LogP contribution in [0.5, 0.6) is 0 Å². The van der Waals surface area contributed by atoms with Gasteiger partial charge < -0.3 is 10.1 Å². The fourth-order valence-electron chi connectivity index (χ4n) is 1.81. The van der Waals surface area contributed by atoms with Crippen LogP contribution in [0.2, 0.25) is 0 Å². The van der Waals surface area contributed by atoms with Crippen LogP contribution in [-0.4, -0.2) is 50.8 Å². The van der Waals surface area contributed by atoms with Crippen LogP contribution in [0.3, 0.4) is 0 Å². The zero-order chi connectivity index (χ0) is 12.2. The van der Waals surface area contributed by atoms with Crippen LogP contribution in [-0.2, 0) is 4.74 Å². The molecule has 3 heteroatoms. The van der Waals surface area contributed by atoms with E-state index in [1.807, 2.05) is 6.08 Å². The van der Waals surface area contributed by atoms with Gasteiger partial charge >= 0.3 is 0 Å². The molecule has 1 unspecified atom stereocenters. The predicted octanol–water partition coefficient (Wildman–Crippen LogP) is 1.90. The van der Waals surface area contributed by atoms with Gasteiger partial charge in [0, 0.05) is 26.2 Å². The fourth-order valence-corrected chi connectivity index (χ4v) is 1.81. The Morgan fingerprint density at radius 3 is 2.62 bits per heavy atom. The number of methoxy groups -OCH3 is 1. The van der Waals surface area contributed by atoms with Crippen molar-refractivity contribution in [2.24, 2.45) is 0 Å². The Labute approximate surface area is 101 Å². The number of hydrogen-bond acceptors (Lipinski definition) is 3. The summed E-state index contributed by atoms with van der Waals surface area (Å²) in [5.41, 5.74) is 0. The lowest BCUT2D eigenvalue weighted by molar-refractivity contribution is 0.0965. The van der Waals surface area contributed by atoms with E-state index in [4.69, 9.17) is 4.74 Å². The van der Waals surface area contributed by atoms with E-state index < -0.39 is 0 Å². The SMILES string of the molecule is C=CCN(CCC)C(CNCCC)COC. The smallest absolute Gasteiger partial charge is 0.0630 e. The van der Waals surface area contributed by atoms with Gasteiger partial charge in [-0.25, -0.2) is 0 Å². The molecule has 1 N–H and O–H groups in total. The number of nitrogens with one attached hydrogen (secondary N) is 1. The fraction of sp³-hybridized carbons (Fsp3) is 0.846. The summed E-state index contributed by atoms with van der Waals surface area (Å²) in [6.07, 6.45) is 4.31. The van der Waals surface area contributed by atoms with Gasteiger partial charge in [-0.3, -0.25) is 4.90 Å². The lowest BCUT2D eigenvalue weighted by Gasteiger charge is -2.30. The first kappa shape index (κ1) is 15.6. The predicted molar refractivity (Wildman–Crippen MR) is 70.9 cm³/mol. The summed E-state index contributed by atoms with van der Waals surface area (Å²) in [4.78, 5) is 2.43. The van der Waals surface area contributed by atoms with Gasteiger partial charge in [-0.1, -0.05) is 19.9 Å². The van der Waals surface area contributed by atoms with Crippen LogP contribution in [0.15, 0.2) is 12.7 Å². The first-order valence-electron chi connectivity index (χ1n) is 6.34. The van der Waals surface area contributed by atoms with E-state index >= 15 is 0 Å². The van der Waals surface area contributed by atoms with Crippen LogP contribution in [0.1, 0.15) is 26.7 Å². The first-order chi connectivity index (χ1) is 7.79. The van der Waals surface area contributed by atoms with E-state index in [1.165, 1.54) is 12.8 Å². The van der Waals surface area contributed by atoms with Crippen LogP contribution in [0, 0.1) is 0 Å². The van der Waals surface area contributed by atoms with Crippen molar-refractivity contribution >= 4 is 0 Å². The maximum absolute atomic E-state index is 5.29. The summed E-state index contributed by atoms with van der Waals surface area (Å²) < 4.78 is 5.29. The summed E-state index contributed by atoms with van der Waals surface area (Å²) in [5, 5.41) is 3.46. The van der Waals surface area contributed by atoms with Gasteiger partial charge in [0.15, 0.2) is 0 Å². The van der Waals surface area contributed by atoms with Crippen molar-refractivity contribution in [3.8, 4) is 0 Å². The highest BCUT2D eigenvalue weighted by atomic mass is 16.5. The average molecular weight is 228 g/mol. The highest BCUT2D eigenvalue weighted by Crippen LogP contribution is 2.01. The Hall–Kier alpha value is -0.380. The molecule has 3 nitrogen and oxygen atoms in total. The Kier molecular flexibility index (Phi) is 10.9. The molecule has 0 aliphatic heterocycles. The molecular weight excluding hydrogens is 200 g/mol. The van der Waals surface area contributed by atoms with Gasteiger partial charge in [0.05, 0.1) is 6.61 Å². The summed E-state index contributed by atoms with van der Waals surface area (Å²) in [5.74, 6) is 0. The number of rotatable bonds is 11. The van der Waals surface area contributed by atoms with E-state index in [2.05, 4.69) is 30.6 Å². The van der Waals surface area contributed by atoms with Gasteiger partial charge in [0.25, 0.3) is 0 Å². The summed E-state index contributed by atoms with van der Waals surface area (Å²) in [6.45, 7) is 13.1. The molecule has 1 atom stereocenters. The minimum Gasteiger partial charge on any atom is -0.383 e. The molecule has 0 aliphatic carbocycles. The normalized spacial score (nSPS) is 13.0.